The molecule has 5 aromatic rings. The monoisotopic (exact) mass is 854 g/mol. The minimum absolute atomic E-state index is 0.0747. The quantitative estimate of drug-likeness (QED) is 0.0426. The van der Waals surface area contributed by atoms with Gasteiger partial charge in [-0.25, -0.2) is 0 Å². The molecule has 0 spiro atoms. The first-order valence-corrected chi connectivity index (χ1v) is 24.6. The van der Waals surface area contributed by atoms with Crippen molar-refractivity contribution in [2.45, 2.75) is 127 Å². The average molecular weight is 855 g/mol. The van der Waals surface area contributed by atoms with E-state index in [1.54, 1.807) is 0 Å². The predicted octanol–water partition coefficient (Wildman–Crippen LogP) is 17.5. The van der Waals surface area contributed by atoms with Gasteiger partial charge in [-0.2, -0.15) is 0 Å². The van der Waals surface area contributed by atoms with Crippen LogP contribution in [0.5, 0.6) is 0 Å². The molecule has 0 bridgehead atoms. The van der Waals surface area contributed by atoms with Crippen molar-refractivity contribution < 1.29 is 30.0 Å². The van der Waals surface area contributed by atoms with Crippen LogP contribution in [0.4, 0.5) is 25.2 Å². The number of carbonyl (C=O) groups excluding carboxylic acids is 1. The van der Waals surface area contributed by atoms with Crippen LogP contribution in [0.15, 0.2) is 146 Å². The summed E-state index contributed by atoms with van der Waals surface area (Å²) < 4.78 is 59.2. The summed E-state index contributed by atoms with van der Waals surface area (Å²) in [6.07, 6.45) is 15.3. The van der Waals surface area contributed by atoms with E-state index in [-0.39, 0.29) is 16.3 Å². The number of rotatable bonds is 16. The van der Waals surface area contributed by atoms with Crippen LogP contribution in [0.1, 0.15) is 119 Å². The van der Waals surface area contributed by atoms with Crippen molar-refractivity contribution >= 4 is 36.2 Å². The van der Waals surface area contributed by atoms with Crippen LogP contribution >= 0.6 is 19.6 Å². The number of ketones is 1. The molecule has 0 heterocycles. The number of halogens is 6. The molecule has 0 amide bonds. The van der Waals surface area contributed by atoms with Crippen LogP contribution in [0.3, 0.4) is 0 Å². The molecule has 1 fully saturated rings. The van der Waals surface area contributed by atoms with Gasteiger partial charge in [0.05, 0.1) is 10.9 Å². The number of hydrogen-bond acceptors (Lipinski definition) is 2. The van der Waals surface area contributed by atoms with E-state index < -0.39 is 7.81 Å². The third-order valence-corrected chi connectivity index (χ3v) is 14.5. The Kier molecular flexibility index (Phi) is 13.7. The number of unbranched alkanes of at least 4 members (excludes halogenated alkanes) is 2. The zero-order valence-corrected chi connectivity index (χ0v) is 35.8. The third kappa shape index (κ3) is 12.0. The summed E-state index contributed by atoms with van der Waals surface area (Å²) in [4.78, 5) is 20.3. The summed E-state index contributed by atoms with van der Waals surface area (Å²) in [5.74, 6) is 1.16. The van der Waals surface area contributed by atoms with Crippen molar-refractivity contribution in [1.29, 1.82) is 0 Å². The normalized spacial score (nSPS) is 16.3. The summed E-state index contributed by atoms with van der Waals surface area (Å²) in [5, 5.41) is 0. The van der Waals surface area contributed by atoms with Crippen LogP contribution in [0.2, 0.25) is 0 Å². The SMILES string of the molecule is CCCCC1(CCCC)c2cc(C(=O)CCCC3CCCC3)ccc2-c2ccc([S+](c3ccccc3)c3ccc(Sc4ccccc4)cc3)cc21.F[P-](F)(F)(F)(F)F. The van der Waals surface area contributed by atoms with E-state index in [2.05, 4.69) is 135 Å². The third-order valence-electron chi connectivity index (χ3n) is 11.3. The van der Waals surface area contributed by atoms with Gasteiger partial charge < -0.3 is 0 Å². The van der Waals surface area contributed by atoms with Gasteiger partial charge in [-0.3, -0.25) is 4.79 Å². The number of fused-ring (bicyclic) bond motifs is 3. The van der Waals surface area contributed by atoms with E-state index in [4.69, 9.17) is 0 Å². The van der Waals surface area contributed by atoms with Gasteiger partial charge in [0, 0.05) is 27.2 Å². The van der Waals surface area contributed by atoms with E-state index in [1.165, 1.54) is 105 Å². The summed E-state index contributed by atoms with van der Waals surface area (Å²) in [6, 6.07) is 45.1. The van der Waals surface area contributed by atoms with Crippen LogP contribution in [-0.2, 0) is 16.3 Å². The van der Waals surface area contributed by atoms with E-state index >= 15 is 0 Å². The Morgan fingerprint density at radius 3 is 1.72 bits per heavy atom. The molecule has 0 saturated heterocycles. The molecular weight excluding hydrogens is 802 g/mol. The van der Waals surface area contributed by atoms with Crippen LogP contribution < -0.4 is 0 Å². The fourth-order valence-corrected chi connectivity index (χ4v) is 11.6. The van der Waals surface area contributed by atoms with Crippen LogP contribution in [0, 0.1) is 5.92 Å². The van der Waals surface area contributed by atoms with Gasteiger partial charge in [-0.15, -0.1) is 0 Å². The number of Topliss-reactive ketones (excluding diaryl/α,β-unsaturated/α-hetero) is 1. The molecule has 1 saturated carbocycles. The molecule has 2 aliphatic rings. The molecule has 1 atom stereocenters. The second kappa shape index (κ2) is 18.0. The first-order chi connectivity index (χ1) is 27.5. The number of carbonyl (C=O) groups is 1. The zero-order valence-electron chi connectivity index (χ0n) is 33.3. The molecule has 1 unspecified atom stereocenters. The van der Waals surface area contributed by atoms with E-state index in [9.17, 15) is 30.0 Å². The molecule has 1 nitrogen and oxygen atoms in total. The first kappa shape index (κ1) is 44.0. The van der Waals surface area contributed by atoms with Gasteiger partial charge in [0.1, 0.15) is 0 Å². The molecule has 0 radical (unpaired) electrons. The fraction of sp³-hybridized carbons (Fsp3) is 0.354. The molecule has 0 aliphatic heterocycles. The fourth-order valence-electron chi connectivity index (χ4n) is 8.62. The molecule has 2 aliphatic carbocycles. The Bertz CT molecular complexity index is 2120. The van der Waals surface area contributed by atoms with Gasteiger partial charge in [0.15, 0.2) is 20.5 Å². The molecule has 7 rings (SSSR count). The van der Waals surface area contributed by atoms with E-state index in [0.29, 0.717) is 12.2 Å². The van der Waals surface area contributed by atoms with Crippen LogP contribution in [-0.4, -0.2) is 5.78 Å². The summed E-state index contributed by atoms with van der Waals surface area (Å²) in [7, 11) is -10.9. The molecule has 0 aromatic heterocycles. The Morgan fingerprint density at radius 1 is 0.638 bits per heavy atom. The average Bonchev–Trinajstić information content (AvgIpc) is 3.81. The second-order valence-electron chi connectivity index (χ2n) is 15.7. The van der Waals surface area contributed by atoms with Crippen LogP contribution in [0.25, 0.3) is 11.1 Å². The van der Waals surface area contributed by atoms with Crippen molar-refractivity contribution in [3.8, 4) is 11.1 Å². The minimum atomic E-state index is -10.7. The Morgan fingerprint density at radius 2 is 1.14 bits per heavy atom. The van der Waals surface area contributed by atoms with E-state index in [0.717, 1.165) is 30.7 Å². The molecule has 0 N–H and O–H groups in total. The Hall–Kier alpha value is -3.52. The molecule has 310 valence electrons. The van der Waals surface area contributed by atoms with Gasteiger partial charge in [-0.1, -0.05) is 132 Å². The topological polar surface area (TPSA) is 17.1 Å². The number of hydrogen-bond donors (Lipinski definition) is 0. The van der Waals surface area contributed by atoms with Gasteiger partial charge in [0.2, 0.25) is 0 Å². The first-order valence-electron chi connectivity index (χ1n) is 20.6. The Balaban J connectivity index is 0.000000743. The standard InChI is InChI=1S/C48H53OS2.F6P/c1-3-5-32-48(33-6-4-2)45-34-37(47(49)23-15-18-36-16-13-14-17-36)24-30-43(45)44-31-29-42(35-46(44)48)51(40-21-11-8-12-22-40)41-27-25-39(26-28-41)50-38-19-9-7-10-20-38;1-7(2,3,4,5)6/h7-12,19-22,24-31,34-36H,3-6,13-18,23,32-33H2,1-2H3;/q+1;-1. The second-order valence-corrected chi connectivity index (χ2v) is 20.8. The molecule has 58 heavy (non-hydrogen) atoms. The van der Waals surface area contributed by atoms with Gasteiger partial charge in [-0.05, 0) is 120 Å². The van der Waals surface area contributed by atoms with Crippen molar-refractivity contribution in [3.63, 3.8) is 0 Å². The molecule has 10 heteroatoms. The van der Waals surface area contributed by atoms with E-state index in [1.807, 2.05) is 11.8 Å². The van der Waals surface area contributed by atoms with Gasteiger partial charge in [0.25, 0.3) is 0 Å². The molecular formula is C48H53F6OPS2. The maximum absolute atomic E-state index is 13.7. The maximum atomic E-state index is 13.7. The van der Waals surface area contributed by atoms with Crippen molar-refractivity contribution in [2.75, 3.05) is 0 Å². The number of benzene rings is 5. The summed E-state index contributed by atoms with van der Waals surface area (Å²) >= 11 is 1.82. The zero-order chi connectivity index (χ0) is 41.5. The Labute approximate surface area is 347 Å². The van der Waals surface area contributed by atoms with Gasteiger partial charge >= 0.3 is 33.0 Å². The van der Waals surface area contributed by atoms with Crippen molar-refractivity contribution in [3.05, 3.63) is 138 Å². The molecule has 5 aromatic carbocycles. The predicted molar refractivity (Wildman–Crippen MR) is 231 cm³/mol. The van der Waals surface area contributed by atoms with Crippen molar-refractivity contribution in [1.82, 2.24) is 0 Å². The summed E-state index contributed by atoms with van der Waals surface area (Å²) in [5.41, 5.74) is 6.44. The van der Waals surface area contributed by atoms with Crippen molar-refractivity contribution in [2.24, 2.45) is 5.92 Å². The summed E-state index contributed by atoms with van der Waals surface area (Å²) in [6.45, 7) is 4.63.